The summed E-state index contributed by atoms with van der Waals surface area (Å²) in [6, 6.07) is 10.1. The molecule has 4 nitrogen and oxygen atoms in total. The van der Waals surface area contributed by atoms with Crippen LogP contribution in [-0.2, 0) is 9.59 Å². The topological polar surface area (TPSA) is 57.6 Å². The number of benzene rings is 1. The van der Waals surface area contributed by atoms with Gasteiger partial charge in [0, 0.05) is 12.5 Å². The van der Waals surface area contributed by atoms with Gasteiger partial charge < -0.3 is 10.0 Å². The highest BCUT2D eigenvalue weighted by molar-refractivity contribution is 5.82. The lowest BCUT2D eigenvalue weighted by atomic mass is 10.1. The van der Waals surface area contributed by atoms with Gasteiger partial charge in [-0.2, -0.15) is 0 Å². The smallest absolute Gasteiger partial charge is 0.323 e. The molecule has 1 fully saturated rings. The lowest BCUT2D eigenvalue weighted by Gasteiger charge is -2.25. The van der Waals surface area contributed by atoms with Crippen molar-refractivity contribution in [3.05, 3.63) is 35.9 Å². The molecular weight excluding hydrogens is 254 g/mol. The highest BCUT2D eigenvalue weighted by Crippen LogP contribution is 2.49. The van der Waals surface area contributed by atoms with Crippen molar-refractivity contribution in [2.75, 3.05) is 6.54 Å². The van der Waals surface area contributed by atoms with E-state index in [1.165, 1.54) is 10.5 Å². The fourth-order valence-corrected chi connectivity index (χ4v) is 2.63. The first kappa shape index (κ1) is 14.6. The summed E-state index contributed by atoms with van der Waals surface area (Å²) in [7, 11) is 0. The molecule has 1 aliphatic rings. The van der Waals surface area contributed by atoms with Crippen LogP contribution in [0.25, 0.3) is 0 Å². The number of nitrogens with zero attached hydrogens (tertiary/aromatic N) is 1. The van der Waals surface area contributed by atoms with Gasteiger partial charge in [-0.3, -0.25) is 9.59 Å². The minimum atomic E-state index is -0.956. The first-order chi connectivity index (χ1) is 9.49. The van der Waals surface area contributed by atoms with Crippen LogP contribution in [0, 0.1) is 5.92 Å². The predicted molar refractivity (Wildman–Crippen MR) is 76.4 cm³/mol. The molecule has 0 spiro atoms. The molecule has 108 valence electrons. The van der Waals surface area contributed by atoms with Crippen LogP contribution in [0.4, 0.5) is 0 Å². The number of carbonyl (C=O) groups is 2. The molecule has 0 aromatic heterocycles. The largest absolute Gasteiger partial charge is 0.480 e. The minimum absolute atomic E-state index is 0.0502. The van der Waals surface area contributed by atoms with Crippen LogP contribution >= 0.6 is 0 Å². The van der Waals surface area contributed by atoms with Crippen molar-refractivity contribution < 1.29 is 14.7 Å². The number of rotatable bonds is 6. The Morgan fingerprint density at radius 1 is 1.30 bits per heavy atom. The molecule has 1 aromatic rings. The van der Waals surface area contributed by atoms with E-state index in [-0.39, 0.29) is 18.5 Å². The van der Waals surface area contributed by atoms with E-state index < -0.39 is 5.97 Å². The van der Waals surface area contributed by atoms with E-state index in [0.29, 0.717) is 18.3 Å². The van der Waals surface area contributed by atoms with Crippen LogP contribution < -0.4 is 0 Å². The Kier molecular flexibility index (Phi) is 4.42. The van der Waals surface area contributed by atoms with Gasteiger partial charge in [-0.25, -0.2) is 0 Å². The molecule has 0 heterocycles. The first-order valence-electron chi connectivity index (χ1n) is 7.05. The fraction of sp³-hybridized carbons (Fsp3) is 0.500. The van der Waals surface area contributed by atoms with Crippen LogP contribution in [0.1, 0.15) is 38.2 Å². The summed E-state index contributed by atoms with van der Waals surface area (Å²) in [5, 5.41) is 8.87. The Bertz CT molecular complexity index is 484. The first-order valence-corrected chi connectivity index (χ1v) is 7.05. The van der Waals surface area contributed by atoms with Crippen molar-refractivity contribution in [3.63, 3.8) is 0 Å². The number of carboxylic acids is 1. The van der Waals surface area contributed by atoms with Crippen molar-refractivity contribution in [1.82, 2.24) is 4.90 Å². The number of hydrogen-bond acceptors (Lipinski definition) is 2. The monoisotopic (exact) mass is 275 g/mol. The zero-order chi connectivity index (χ0) is 14.7. The summed E-state index contributed by atoms with van der Waals surface area (Å²) in [5.74, 6) is -0.188. The maximum Gasteiger partial charge on any atom is 0.323 e. The van der Waals surface area contributed by atoms with Crippen LogP contribution in [-0.4, -0.2) is 34.5 Å². The highest BCUT2D eigenvalue weighted by atomic mass is 16.4. The third-order valence-electron chi connectivity index (χ3n) is 3.84. The maximum absolute atomic E-state index is 12.2. The van der Waals surface area contributed by atoms with Gasteiger partial charge in [0.1, 0.15) is 6.54 Å². The number of aliphatic carboxylic acids is 1. The summed E-state index contributed by atoms with van der Waals surface area (Å²) in [6.07, 6.45) is 1.47. The van der Waals surface area contributed by atoms with Gasteiger partial charge in [0.05, 0.1) is 0 Å². The quantitative estimate of drug-likeness (QED) is 0.867. The van der Waals surface area contributed by atoms with Crippen LogP contribution in [0.5, 0.6) is 0 Å². The molecular formula is C16H21NO3. The van der Waals surface area contributed by atoms with E-state index in [1.54, 1.807) is 0 Å². The Hall–Kier alpha value is -1.84. The number of carboxylic acid groups (broad SMARTS) is 1. The second-order valence-corrected chi connectivity index (χ2v) is 5.73. The van der Waals surface area contributed by atoms with Gasteiger partial charge in [-0.1, -0.05) is 30.3 Å². The van der Waals surface area contributed by atoms with Gasteiger partial charge in [0.15, 0.2) is 0 Å². The summed E-state index contributed by atoms with van der Waals surface area (Å²) in [6.45, 7) is 3.49. The van der Waals surface area contributed by atoms with E-state index >= 15 is 0 Å². The van der Waals surface area contributed by atoms with Crippen molar-refractivity contribution in [1.29, 1.82) is 0 Å². The lowest BCUT2D eigenvalue weighted by Crippen LogP contribution is -2.40. The molecule has 0 saturated heterocycles. The Morgan fingerprint density at radius 3 is 2.50 bits per heavy atom. The molecule has 1 saturated carbocycles. The molecule has 0 radical (unpaired) electrons. The van der Waals surface area contributed by atoms with E-state index in [4.69, 9.17) is 5.11 Å². The zero-order valence-corrected chi connectivity index (χ0v) is 12.0. The van der Waals surface area contributed by atoms with E-state index in [9.17, 15) is 9.59 Å². The molecule has 2 rings (SSSR count). The highest BCUT2D eigenvalue weighted by Gasteiger charge is 2.40. The maximum atomic E-state index is 12.2. The third kappa shape index (κ3) is 3.59. The molecule has 1 aliphatic carbocycles. The molecule has 20 heavy (non-hydrogen) atoms. The molecule has 0 aliphatic heterocycles. The van der Waals surface area contributed by atoms with Crippen LogP contribution in [0.15, 0.2) is 30.3 Å². The van der Waals surface area contributed by atoms with Gasteiger partial charge in [0.25, 0.3) is 0 Å². The normalized spacial score (nSPS) is 20.8. The van der Waals surface area contributed by atoms with Crippen LogP contribution in [0.3, 0.4) is 0 Å². The average Bonchev–Trinajstić information content (AvgIpc) is 3.15. The Labute approximate surface area is 119 Å². The lowest BCUT2D eigenvalue weighted by molar-refractivity contribution is -0.145. The van der Waals surface area contributed by atoms with Crippen molar-refractivity contribution in [3.8, 4) is 0 Å². The molecule has 0 unspecified atom stereocenters. The molecule has 0 bridgehead atoms. The summed E-state index contributed by atoms with van der Waals surface area (Å²) in [5.41, 5.74) is 1.28. The molecule has 1 N–H and O–H groups in total. The van der Waals surface area contributed by atoms with Gasteiger partial charge in [-0.15, -0.1) is 0 Å². The minimum Gasteiger partial charge on any atom is -0.480 e. The predicted octanol–water partition coefficient (Wildman–Crippen LogP) is 2.50. The van der Waals surface area contributed by atoms with Crippen molar-refractivity contribution in [2.45, 2.75) is 38.6 Å². The summed E-state index contributed by atoms with van der Waals surface area (Å²) < 4.78 is 0. The molecule has 1 amide bonds. The SMILES string of the molecule is CC(C)N(CC(=O)O)C(=O)C[C@@H]1C[C@H]1c1ccccc1. The summed E-state index contributed by atoms with van der Waals surface area (Å²) in [4.78, 5) is 24.5. The molecule has 1 aromatic carbocycles. The average molecular weight is 275 g/mol. The summed E-state index contributed by atoms with van der Waals surface area (Å²) >= 11 is 0. The number of hydrogen-bond donors (Lipinski definition) is 1. The standard InChI is InChI=1S/C16H21NO3/c1-11(2)17(10-16(19)20)15(18)9-13-8-14(13)12-6-4-3-5-7-12/h3-7,11,13-14H,8-10H2,1-2H3,(H,19,20)/t13-,14-/m0/s1. The zero-order valence-electron chi connectivity index (χ0n) is 12.0. The van der Waals surface area contributed by atoms with E-state index in [1.807, 2.05) is 32.0 Å². The Balaban J connectivity index is 1.91. The van der Waals surface area contributed by atoms with Crippen LogP contribution in [0.2, 0.25) is 0 Å². The molecule has 4 heteroatoms. The van der Waals surface area contributed by atoms with Gasteiger partial charge in [-0.05, 0) is 37.7 Å². The van der Waals surface area contributed by atoms with Gasteiger partial charge >= 0.3 is 5.97 Å². The van der Waals surface area contributed by atoms with E-state index in [0.717, 1.165) is 6.42 Å². The van der Waals surface area contributed by atoms with Gasteiger partial charge in [0.2, 0.25) is 5.91 Å². The Morgan fingerprint density at radius 2 is 1.95 bits per heavy atom. The number of amides is 1. The fourth-order valence-electron chi connectivity index (χ4n) is 2.63. The van der Waals surface area contributed by atoms with Crippen molar-refractivity contribution >= 4 is 11.9 Å². The van der Waals surface area contributed by atoms with Crippen molar-refractivity contribution in [2.24, 2.45) is 5.92 Å². The molecule has 2 atom stereocenters. The second kappa shape index (κ2) is 6.07. The number of carbonyl (C=O) groups excluding carboxylic acids is 1. The second-order valence-electron chi connectivity index (χ2n) is 5.73. The third-order valence-corrected chi connectivity index (χ3v) is 3.84. The van der Waals surface area contributed by atoms with E-state index in [2.05, 4.69) is 12.1 Å².